The number of hydrogen-bond acceptors (Lipinski definition) is 3. The molecule has 2 aliphatic heterocycles. The van der Waals surface area contributed by atoms with Crippen LogP contribution in [0.15, 0.2) is 124 Å². The average Bonchev–Trinajstić information content (AvgIpc) is 3.31. The van der Waals surface area contributed by atoms with Gasteiger partial charge >= 0.3 is 0 Å². The molecular formula is C46H42OS2. The van der Waals surface area contributed by atoms with Crippen LogP contribution in [0.4, 0.5) is 0 Å². The summed E-state index contributed by atoms with van der Waals surface area (Å²) in [5.74, 6) is -0.587. The summed E-state index contributed by atoms with van der Waals surface area (Å²) in [6, 6.07) is 27.2. The molecule has 2 aliphatic rings. The zero-order chi connectivity index (χ0) is 49.2. The molecule has 0 saturated carbocycles. The molecule has 0 saturated heterocycles. The maximum absolute atomic E-state index is 9.15. The Morgan fingerprint density at radius 1 is 0.551 bits per heavy atom. The Kier molecular flexibility index (Phi) is 4.22. The van der Waals surface area contributed by atoms with E-state index in [1.165, 1.54) is 72.4 Å². The third kappa shape index (κ3) is 5.08. The molecular weight excluding hydrogens is 633 g/mol. The van der Waals surface area contributed by atoms with Crippen LogP contribution in [0, 0.1) is 27.4 Å². The lowest BCUT2D eigenvalue weighted by molar-refractivity contribution is 0.419. The molecule has 0 aliphatic carbocycles. The quantitative estimate of drug-likeness (QED) is 0.183. The van der Waals surface area contributed by atoms with Crippen molar-refractivity contribution < 1.29 is 29.4 Å². The second-order valence-corrected chi connectivity index (χ2v) is 15.4. The Hall–Kier alpha value is -4.18. The van der Waals surface area contributed by atoms with Crippen LogP contribution < -0.4 is 4.74 Å². The van der Waals surface area contributed by atoms with Crippen LogP contribution in [0.1, 0.15) is 91.2 Å². The van der Waals surface area contributed by atoms with E-state index >= 15 is 0 Å². The number of aryl methyl sites for hydroxylation is 2. The summed E-state index contributed by atoms with van der Waals surface area (Å²) in [6.45, 7) is -14.9. The minimum atomic E-state index is -3.29. The zero-order valence-electron chi connectivity index (χ0n) is 44.6. The summed E-state index contributed by atoms with van der Waals surface area (Å²) in [5.41, 5.74) is -5.72. The minimum Gasteiger partial charge on any atom is -0.456 e. The van der Waals surface area contributed by atoms with Crippen LogP contribution >= 0.6 is 23.5 Å². The van der Waals surface area contributed by atoms with Crippen LogP contribution in [0.5, 0.6) is 11.5 Å². The van der Waals surface area contributed by atoms with Crippen molar-refractivity contribution in [3.8, 4) is 44.9 Å². The molecule has 3 heteroatoms. The van der Waals surface area contributed by atoms with Crippen molar-refractivity contribution >= 4 is 23.5 Å². The third-order valence-electron chi connectivity index (χ3n) is 9.25. The minimum absolute atomic E-state index is 0.169. The van der Waals surface area contributed by atoms with Crippen LogP contribution in [0.3, 0.4) is 0 Å². The van der Waals surface area contributed by atoms with E-state index in [0.29, 0.717) is 4.90 Å². The van der Waals surface area contributed by atoms with Gasteiger partial charge in [-0.3, -0.25) is 0 Å². The second-order valence-electron chi connectivity index (χ2n) is 12.7. The first-order valence-electron chi connectivity index (χ1n) is 24.7. The highest BCUT2D eigenvalue weighted by molar-refractivity contribution is 8.03. The van der Waals surface area contributed by atoms with E-state index in [1.54, 1.807) is 23.9 Å². The molecule has 0 spiro atoms. The van der Waals surface area contributed by atoms with Crippen LogP contribution in [0.25, 0.3) is 33.4 Å². The highest BCUT2D eigenvalue weighted by Crippen LogP contribution is 2.56. The van der Waals surface area contributed by atoms with Crippen LogP contribution in [0.2, 0.25) is 0 Å². The van der Waals surface area contributed by atoms with E-state index in [0.717, 1.165) is 21.4 Å². The van der Waals surface area contributed by atoms with Crippen molar-refractivity contribution in [3.05, 3.63) is 148 Å². The van der Waals surface area contributed by atoms with Crippen molar-refractivity contribution in [2.45, 2.75) is 79.8 Å². The van der Waals surface area contributed by atoms with Gasteiger partial charge in [0.2, 0.25) is 0 Å². The lowest BCUT2D eigenvalue weighted by Crippen LogP contribution is -2.24. The lowest BCUT2D eigenvalue weighted by Gasteiger charge is -2.35. The van der Waals surface area contributed by atoms with Gasteiger partial charge in [0.25, 0.3) is 0 Å². The number of para-hydroxylation sites is 2. The molecule has 49 heavy (non-hydrogen) atoms. The summed E-state index contributed by atoms with van der Waals surface area (Å²) >= 11 is 2.95. The molecule has 6 aromatic carbocycles. The monoisotopic (exact) mass is 692 g/mol. The van der Waals surface area contributed by atoms with Crippen molar-refractivity contribution in [3.63, 3.8) is 0 Å². The number of thioether (sulfide) groups is 1. The summed E-state index contributed by atoms with van der Waals surface area (Å²) in [6.07, 6.45) is 0. The number of benzene rings is 6. The van der Waals surface area contributed by atoms with Gasteiger partial charge < -0.3 is 4.74 Å². The number of ether oxygens (including phenoxy) is 1. The predicted octanol–water partition coefficient (Wildman–Crippen LogP) is 13.8. The second kappa shape index (κ2) is 11.7. The third-order valence-corrected chi connectivity index (χ3v) is 11.9. The summed E-state index contributed by atoms with van der Waals surface area (Å²) in [4.78, 5) is 2.39. The first-order chi connectivity index (χ1) is 30.8. The van der Waals surface area contributed by atoms with Gasteiger partial charge in [0.15, 0.2) is 0 Å². The summed E-state index contributed by atoms with van der Waals surface area (Å²) in [5, 5.41) is 0. The van der Waals surface area contributed by atoms with Gasteiger partial charge in [-0.05, 0) is 115 Å². The fourth-order valence-corrected chi connectivity index (χ4v) is 9.56. The molecule has 0 fully saturated rings. The molecule has 0 atom stereocenters. The SMILES string of the molecule is [2H]C([2H])([2H])c1ccc(-c2ccc(C([2H])([2H])[2H])c(-c3cccc4c3Sc3ccccc3SC4(C)C)c2C([2H])([2H])[2H])c(C([2H])([2H])[2H])c1-c1cccc2c1Oc1ccccc1C2(C([2H])([2H])[2H])C([2H])([2H])[2H]. The fraction of sp³-hybridized carbons (Fsp3) is 0.217. The zero-order valence-corrected chi connectivity index (χ0v) is 28.3. The molecule has 0 amide bonds. The van der Waals surface area contributed by atoms with E-state index in [2.05, 4.69) is 0 Å². The largest absolute Gasteiger partial charge is 0.456 e. The summed E-state index contributed by atoms with van der Waals surface area (Å²) in [7, 11) is 0. The van der Waals surface area contributed by atoms with E-state index in [1.807, 2.05) is 44.2 Å². The van der Waals surface area contributed by atoms with Gasteiger partial charge in [-0.25, -0.2) is 0 Å². The van der Waals surface area contributed by atoms with E-state index in [9.17, 15) is 0 Å². The first-order valence-corrected chi connectivity index (χ1v) is 17.3. The van der Waals surface area contributed by atoms with Gasteiger partial charge in [0, 0.05) is 66.2 Å². The molecule has 0 unspecified atom stereocenters. The van der Waals surface area contributed by atoms with Crippen molar-refractivity contribution in [1.82, 2.24) is 0 Å². The molecule has 0 N–H and O–H groups in total. The Morgan fingerprint density at radius 2 is 1.16 bits per heavy atom. The van der Waals surface area contributed by atoms with Gasteiger partial charge in [-0.15, -0.1) is 11.8 Å². The topological polar surface area (TPSA) is 9.23 Å². The van der Waals surface area contributed by atoms with Crippen LogP contribution in [-0.4, -0.2) is 0 Å². The molecule has 244 valence electrons. The Bertz CT molecular complexity index is 2940. The predicted molar refractivity (Wildman–Crippen MR) is 210 cm³/mol. The van der Waals surface area contributed by atoms with Crippen molar-refractivity contribution in [2.24, 2.45) is 0 Å². The maximum Gasteiger partial charge on any atom is 0.139 e. The van der Waals surface area contributed by atoms with Crippen LogP contribution in [-0.2, 0) is 10.2 Å². The Labute approximate surface area is 325 Å². The van der Waals surface area contributed by atoms with Gasteiger partial charge in [-0.2, -0.15) is 0 Å². The highest BCUT2D eigenvalue weighted by Gasteiger charge is 2.36. The molecule has 0 bridgehead atoms. The smallest absolute Gasteiger partial charge is 0.139 e. The standard InChI is InChI=1S/C46H42OS2/c1-27-23-25-31(29(3)41(27)33-15-13-18-36-43(33)47-38-20-10-9-17-35(38)45(36,5)6)32-26-24-28(2)42(30(32)4)34-16-14-19-37-44(34)48-39-21-11-12-22-40(39)49-46(37,7)8/h9-26H,1-8H3/i1D3,2D3,3D3,4D3,5D3,6D3. The fourth-order valence-electron chi connectivity index (χ4n) is 6.85. The number of hydrogen-bond donors (Lipinski definition) is 0. The molecule has 1 nitrogen and oxygen atoms in total. The molecule has 6 aromatic rings. The van der Waals surface area contributed by atoms with Crippen molar-refractivity contribution in [1.29, 1.82) is 0 Å². The summed E-state index contributed by atoms with van der Waals surface area (Å²) < 4.78 is 166. The van der Waals surface area contributed by atoms with E-state index in [4.69, 9.17) is 29.4 Å². The Morgan fingerprint density at radius 3 is 1.86 bits per heavy atom. The van der Waals surface area contributed by atoms with E-state index < -0.39 is 79.3 Å². The highest BCUT2D eigenvalue weighted by atomic mass is 32.2. The van der Waals surface area contributed by atoms with E-state index in [-0.39, 0.29) is 50.3 Å². The van der Waals surface area contributed by atoms with Crippen molar-refractivity contribution in [2.75, 3.05) is 0 Å². The lowest BCUT2D eigenvalue weighted by atomic mass is 9.74. The normalized spacial score (nSPS) is 22.2. The van der Waals surface area contributed by atoms with Gasteiger partial charge in [0.1, 0.15) is 11.5 Å². The maximum atomic E-state index is 9.15. The molecule has 0 aromatic heterocycles. The van der Waals surface area contributed by atoms with Gasteiger partial charge in [0.05, 0.1) is 0 Å². The number of rotatable bonds is 3. The van der Waals surface area contributed by atoms with Gasteiger partial charge in [-0.1, -0.05) is 116 Å². The molecule has 0 radical (unpaired) electrons. The number of fused-ring (bicyclic) bond motifs is 4. The molecule has 8 rings (SSSR count). The Balaban J connectivity index is 1.53. The first kappa shape index (κ1) is 17.7. The average molecular weight is 693 g/mol. The molecule has 2 heterocycles.